The van der Waals surface area contributed by atoms with E-state index in [1.165, 1.54) is 17.8 Å². The van der Waals surface area contributed by atoms with Crippen molar-refractivity contribution in [3.8, 4) is 0 Å². The van der Waals surface area contributed by atoms with Gasteiger partial charge in [-0.1, -0.05) is 18.3 Å². The fraction of sp³-hybridized carbons (Fsp3) is 0.688. The van der Waals surface area contributed by atoms with Crippen LogP contribution in [0.5, 0.6) is 0 Å². The van der Waals surface area contributed by atoms with Crippen LogP contribution in [0.3, 0.4) is 0 Å². The number of esters is 1. The van der Waals surface area contributed by atoms with E-state index in [9.17, 15) is 14.4 Å². The van der Waals surface area contributed by atoms with Crippen molar-refractivity contribution in [1.29, 1.82) is 0 Å². The van der Waals surface area contributed by atoms with Gasteiger partial charge in [-0.05, 0) is 43.9 Å². The predicted molar refractivity (Wildman–Crippen MR) is 87.0 cm³/mol. The van der Waals surface area contributed by atoms with Crippen LogP contribution in [0.2, 0.25) is 0 Å². The van der Waals surface area contributed by atoms with E-state index >= 15 is 0 Å². The number of ether oxygens (including phenoxy) is 2. The zero-order valence-corrected chi connectivity index (χ0v) is 13.9. The van der Waals surface area contributed by atoms with Crippen LogP contribution in [0.15, 0.2) is 12.7 Å². The van der Waals surface area contributed by atoms with Gasteiger partial charge in [-0.3, -0.25) is 4.79 Å². The maximum atomic E-state index is 11.7. The molecule has 1 heterocycles. The fourth-order valence-corrected chi connectivity index (χ4v) is 3.76. The third kappa shape index (κ3) is 5.89. The summed E-state index contributed by atoms with van der Waals surface area (Å²) in [5.41, 5.74) is 0. The Bertz CT molecular complexity index is 459. The maximum Gasteiger partial charge on any atom is 0.407 e. The van der Waals surface area contributed by atoms with Gasteiger partial charge in [-0.2, -0.15) is 0 Å². The van der Waals surface area contributed by atoms with E-state index in [2.05, 4.69) is 11.9 Å². The molecule has 1 aliphatic heterocycles. The van der Waals surface area contributed by atoms with Crippen LogP contribution in [0.4, 0.5) is 4.79 Å². The van der Waals surface area contributed by atoms with Crippen molar-refractivity contribution in [1.82, 2.24) is 5.32 Å². The normalized spacial score (nSPS) is 27.3. The average Bonchev–Trinajstić information content (AvgIpc) is 2.96. The van der Waals surface area contributed by atoms with Crippen LogP contribution >= 0.6 is 11.8 Å². The van der Waals surface area contributed by atoms with Crippen LogP contribution in [0.25, 0.3) is 0 Å². The smallest absolute Gasteiger partial charge is 0.407 e. The number of nitrogens with one attached hydrogen (secondary N) is 1. The molecule has 0 aromatic carbocycles. The van der Waals surface area contributed by atoms with Crippen molar-refractivity contribution in [3.05, 3.63) is 12.7 Å². The van der Waals surface area contributed by atoms with Gasteiger partial charge >= 0.3 is 12.1 Å². The fourth-order valence-electron chi connectivity index (χ4n) is 2.83. The summed E-state index contributed by atoms with van der Waals surface area (Å²) < 4.78 is 10.3. The maximum absolute atomic E-state index is 11.7. The molecule has 1 N–H and O–H groups in total. The number of amides is 1. The summed E-state index contributed by atoms with van der Waals surface area (Å²) in [4.78, 5) is 34.2. The molecule has 7 heteroatoms. The molecule has 1 saturated carbocycles. The molecule has 1 aliphatic carbocycles. The van der Waals surface area contributed by atoms with Crippen LogP contribution in [-0.4, -0.2) is 42.2 Å². The number of alkyl carbamates (subject to hydrolysis) is 1. The summed E-state index contributed by atoms with van der Waals surface area (Å²) in [6, 6.07) is -0.400. The monoisotopic (exact) mass is 341 g/mol. The Balaban J connectivity index is 1.59. The summed E-state index contributed by atoms with van der Waals surface area (Å²) >= 11 is 1.25. The van der Waals surface area contributed by atoms with E-state index in [0.29, 0.717) is 31.5 Å². The summed E-state index contributed by atoms with van der Waals surface area (Å²) in [7, 11) is 0. The molecule has 1 amide bonds. The zero-order chi connectivity index (χ0) is 16.7. The second-order valence-electron chi connectivity index (χ2n) is 5.97. The topological polar surface area (TPSA) is 81.7 Å². The molecule has 23 heavy (non-hydrogen) atoms. The van der Waals surface area contributed by atoms with Gasteiger partial charge in [-0.15, -0.1) is 0 Å². The SMILES string of the molecule is C=CC(=O)OCC1CCC(COC(=O)NC2CCSC2=O)CC1. The minimum absolute atomic E-state index is 0.0107. The Labute approximate surface area is 140 Å². The van der Waals surface area contributed by atoms with E-state index in [4.69, 9.17) is 9.47 Å². The lowest BCUT2D eigenvalue weighted by Crippen LogP contribution is -2.38. The molecule has 0 spiro atoms. The number of rotatable bonds is 6. The standard InChI is InChI=1S/C16H23NO5S/c1-2-14(18)21-9-11-3-5-12(6-4-11)10-22-16(20)17-13-7-8-23-15(13)19/h2,11-13H,1,3-10H2,(H,17,20). The van der Waals surface area contributed by atoms with Crippen molar-refractivity contribution in [2.75, 3.05) is 19.0 Å². The van der Waals surface area contributed by atoms with Crippen molar-refractivity contribution in [3.63, 3.8) is 0 Å². The Hall–Kier alpha value is -1.50. The number of carbonyl (C=O) groups is 3. The Morgan fingerprint density at radius 3 is 2.26 bits per heavy atom. The number of hydrogen-bond donors (Lipinski definition) is 1. The van der Waals surface area contributed by atoms with Crippen LogP contribution in [0, 0.1) is 11.8 Å². The molecule has 2 fully saturated rings. The van der Waals surface area contributed by atoms with E-state index < -0.39 is 12.1 Å². The first-order chi connectivity index (χ1) is 11.1. The molecule has 0 aromatic heterocycles. The molecule has 2 rings (SSSR count). The molecule has 1 unspecified atom stereocenters. The van der Waals surface area contributed by atoms with Crippen molar-refractivity contribution in [2.45, 2.75) is 38.1 Å². The first kappa shape index (κ1) is 17.8. The molecule has 2 aliphatic rings. The van der Waals surface area contributed by atoms with Crippen molar-refractivity contribution >= 4 is 28.9 Å². The molecular weight excluding hydrogens is 318 g/mol. The summed E-state index contributed by atoms with van der Waals surface area (Å²) in [6.07, 6.45) is 5.14. The Morgan fingerprint density at radius 1 is 1.13 bits per heavy atom. The van der Waals surface area contributed by atoms with Gasteiger partial charge in [-0.25, -0.2) is 9.59 Å². The summed E-state index contributed by atoms with van der Waals surface area (Å²) in [5, 5.41) is 2.63. The predicted octanol–water partition coefficient (Wildman–Crippen LogP) is 2.28. The van der Waals surface area contributed by atoms with Gasteiger partial charge in [0, 0.05) is 11.8 Å². The highest BCUT2D eigenvalue weighted by atomic mass is 32.2. The minimum atomic E-state index is -0.507. The molecule has 0 radical (unpaired) electrons. The Morgan fingerprint density at radius 2 is 1.74 bits per heavy atom. The molecule has 0 aromatic rings. The van der Waals surface area contributed by atoms with E-state index in [0.717, 1.165) is 31.4 Å². The number of carbonyl (C=O) groups excluding carboxylic acids is 3. The third-order valence-corrected chi connectivity index (χ3v) is 5.28. The van der Waals surface area contributed by atoms with Crippen molar-refractivity contribution in [2.24, 2.45) is 11.8 Å². The Kier molecular flexibility index (Phi) is 6.95. The molecule has 128 valence electrons. The van der Waals surface area contributed by atoms with Crippen LogP contribution in [-0.2, 0) is 19.1 Å². The first-order valence-corrected chi connectivity index (χ1v) is 8.96. The lowest BCUT2D eigenvalue weighted by Gasteiger charge is -2.27. The highest BCUT2D eigenvalue weighted by Gasteiger charge is 2.28. The van der Waals surface area contributed by atoms with E-state index in [1.807, 2.05) is 0 Å². The molecule has 6 nitrogen and oxygen atoms in total. The molecular formula is C16H23NO5S. The molecule has 1 atom stereocenters. The molecule has 1 saturated heterocycles. The van der Waals surface area contributed by atoms with Gasteiger partial charge in [0.2, 0.25) is 5.12 Å². The lowest BCUT2D eigenvalue weighted by atomic mass is 9.83. The summed E-state index contributed by atoms with van der Waals surface area (Å²) in [5.74, 6) is 1.08. The number of hydrogen-bond acceptors (Lipinski definition) is 6. The first-order valence-electron chi connectivity index (χ1n) is 7.97. The summed E-state index contributed by atoms with van der Waals surface area (Å²) in [6.45, 7) is 4.17. The second kappa shape index (κ2) is 8.96. The highest BCUT2D eigenvalue weighted by molar-refractivity contribution is 8.14. The van der Waals surface area contributed by atoms with Gasteiger partial charge in [0.1, 0.15) is 6.04 Å². The second-order valence-corrected chi connectivity index (χ2v) is 7.07. The minimum Gasteiger partial charge on any atom is -0.462 e. The molecule has 0 bridgehead atoms. The largest absolute Gasteiger partial charge is 0.462 e. The quantitative estimate of drug-likeness (QED) is 0.589. The number of thioether (sulfide) groups is 1. The lowest BCUT2D eigenvalue weighted by molar-refractivity contribution is -0.139. The van der Waals surface area contributed by atoms with Crippen LogP contribution < -0.4 is 5.32 Å². The average molecular weight is 341 g/mol. The van der Waals surface area contributed by atoms with Gasteiger partial charge in [0.25, 0.3) is 0 Å². The van der Waals surface area contributed by atoms with E-state index in [1.54, 1.807) is 0 Å². The third-order valence-electron chi connectivity index (χ3n) is 4.27. The van der Waals surface area contributed by atoms with E-state index in [-0.39, 0.29) is 11.1 Å². The highest BCUT2D eigenvalue weighted by Crippen LogP contribution is 2.29. The van der Waals surface area contributed by atoms with Gasteiger partial charge in [0.05, 0.1) is 13.2 Å². The zero-order valence-electron chi connectivity index (χ0n) is 13.1. The van der Waals surface area contributed by atoms with Crippen LogP contribution in [0.1, 0.15) is 32.1 Å². The van der Waals surface area contributed by atoms with Crippen molar-refractivity contribution < 1.29 is 23.9 Å². The van der Waals surface area contributed by atoms with Gasteiger partial charge in [0.15, 0.2) is 0 Å². The van der Waals surface area contributed by atoms with Gasteiger partial charge < -0.3 is 14.8 Å².